The molecule has 1 aromatic carbocycles. The summed E-state index contributed by atoms with van der Waals surface area (Å²) in [4.78, 5) is 23.4. The van der Waals surface area contributed by atoms with E-state index in [1.807, 2.05) is 0 Å². The Hall–Kier alpha value is -2.05. The fraction of sp³-hybridized carbons (Fsp3) is 0.429. The minimum atomic E-state index is -1.34. The van der Waals surface area contributed by atoms with Crippen molar-refractivity contribution >= 4 is 11.9 Å². The van der Waals surface area contributed by atoms with E-state index >= 15 is 0 Å². The van der Waals surface area contributed by atoms with Crippen LogP contribution in [0, 0.1) is 23.4 Å². The molecule has 1 N–H and O–H groups in total. The molecule has 0 saturated carbocycles. The maximum atomic E-state index is 13.5. The van der Waals surface area contributed by atoms with Gasteiger partial charge in [0, 0.05) is 12.1 Å². The molecule has 1 rings (SSSR count). The smallest absolute Gasteiger partial charge is 0.328 e. The molecule has 0 aliphatic carbocycles. The summed E-state index contributed by atoms with van der Waals surface area (Å²) in [7, 11) is 1.14. The van der Waals surface area contributed by atoms with Crippen molar-refractivity contribution in [1.82, 2.24) is 5.32 Å². The van der Waals surface area contributed by atoms with Gasteiger partial charge in [0.2, 0.25) is 0 Å². The summed E-state index contributed by atoms with van der Waals surface area (Å²) in [5.74, 6) is -5.62. The molecule has 0 aliphatic heterocycles. The molecule has 0 unspecified atom stereocenters. The number of methoxy groups -OCH3 is 1. The molecule has 0 spiro atoms. The van der Waals surface area contributed by atoms with E-state index in [0.717, 1.165) is 7.11 Å². The standard InChI is InChI=1S/C14H16F3NO3/c1-7(2)4-11(14(20)21-3)18-13(19)12-9(16)5-8(15)6-10(12)17/h5-7,11H,4H2,1-3H3,(H,18,19)/t11-/m1/s1. The Labute approximate surface area is 120 Å². The Morgan fingerprint density at radius 2 is 1.71 bits per heavy atom. The minimum Gasteiger partial charge on any atom is -0.467 e. The summed E-state index contributed by atoms with van der Waals surface area (Å²) >= 11 is 0. The average Bonchev–Trinajstić information content (AvgIpc) is 2.35. The first-order valence-electron chi connectivity index (χ1n) is 6.29. The van der Waals surface area contributed by atoms with Crippen molar-refractivity contribution < 1.29 is 27.5 Å². The number of ether oxygens (including phenoxy) is 1. The van der Waals surface area contributed by atoms with Crippen molar-refractivity contribution in [3.05, 3.63) is 35.1 Å². The monoisotopic (exact) mass is 303 g/mol. The minimum absolute atomic E-state index is 0.0392. The van der Waals surface area contributed by atoms with Gasteiger partial charge < -0.3 is 10.1 Å². The highest BCUT2D eigenvalue weighted by atomic mass is 19.1. The van der Waals surface area contributed by atoms with Crippen LogP contribution >= 0.6 is 0 Å². The lowest BCUT2D eigenvalue weighted by atomic mass is 10.0. The molecule has 0 saturated heterocycles. The molecule has 0 aromatic heterocycles. The van der Waals surface area contributed by atoms with E-state index in [1.165, 1.54) is 0 Å². The molecule has 0 fully saturated rings. The number of nitrogens with one attached hydrogen (secondary N) is 1. The third-order valence-corrected chi connectivity index (χ3v) is 2.73. The fourth-order valence-corrected chi connectivity index (χ4v) is 1.82. The van der Waals surface area contributed by atoms with Crippen LogP contribution in [0.25, 0.3) is 0 Å². The quantitative estimate of drug-likeness (QED) is 0.850. The molecule has 0 bridgehead atoms. The molecule has 1 amide bonds. The number of carbonyl (C=O) groups is 2. The Morgan fingerprint density at radius 3 is 2.14 bits per heavy atom. The number of esters is 1. The molecule has 0 aliphatic rings. The molecule has 1 aromatic rings. The molecule has 0 radical (unpaired) electrons. The summed E-state index contributed by atoms with van der Waals surface area (Å²) in [5, 5.41) is 2.20. The third kappa shape index (κ3) is 4.47. The topological polar surface area (TPSA) is 55.4 Å². The van der Waals surface area contributed by atoms with Gasteiger partial charge in [0.05, 0.1) is 7.11 Å². The Morgan fingerprint density at radius 1 is 1.19 bits per heavy atom. The van der Waals surface area contributed by atoms with Gasteiger partial charge in [-0.2, -0.15) is 0 Å². The van der Waals surface area contributed by atoms with Gasteiger partial charge in [-0.05, 0) is 12.3 Å². The van der Waals surface area contributed by atoms with E-state index in [4.69, 9.17) is 0 Å². The van der Waals surface area contributed by atoms with Crippen LogP contribution in [0.2, 0.25) is 0 Å². The summed E-state index contributed by atoms with van der Waals surface area (Å²) in [5.41, 5.74) is -0.936. The molecule has 21 heavy (non-hydrogen) atoms. The van der Waals surface area contributed by atoms with Crippen LogP contribution in [0.5, 0.6) is 0 Å². The van der Waals surface area contributed by atoms with E-state index in [0.29, 0.717) is 12.1 Å². The van der Waals surface area contributed by atoms with Crippen LogP contribution in [-0.2, 0) is 9.53 Å². The van der Waals surface area contributed by atoms with Crippen LogP contribution in [0.1, 0.15) is 30.6 Å². The van der Waals surface area contributed by atoms with Crippen LogP contribution in [0.15, 0.2) is 12.1 Å². The fourth-order valence-electron chi connectivity index (χ4n) is 1.82. The van der Waals surface area contributed by atoms with Crippen LogP contribution in [0.3, 0.4) is 0 Å². The normalized spacial score (nSPS) is 12.1. The number of hydrogen-bond acceptors (Lipinski definition) is 3. The maximum absolute atomic E-state index is 13.5. The predicted octanol–water partition coefficient (Wildman–Crippen LogP) is 2.42. The van der Waals surface area contributed by atoms with Crippen molar-refractivity contribution in [1.29, 1.82) is 0 Å². The second-order valence-electron chi connectivity index (χ2n) is 4.92. The van der Waals surface area contributed by atoms with Gasteiger partial charge in [-0.25, -0.2) is 18.0 Å². The summed E-state index contributed by atoms with van der Waals surface area (Å²) < 4.78 is 44.3. The lowest BCUT2D eigenvalue weighted by Gasteiger charge is -2.18. The summed E-state index contributed by atoms with van der Waals surface area (Å²) in [6, 6.07) is -0.243. The highest BCUT2D eigenvalue weighted by Gasteiger charge is 2.26. The SMILES string of the molecule is COC(=O)[C@@H](CC(C)C)NC(=O)c1c(F)cc(F)cc1F. The van der Waals surface area contributed by atoms with E-state index in [-0.39, 0.29) is 12.3 Å². The zero-order valence-corrected chi connectivity index (χ0v) is 11.9. The Kier molecular flexibility index (Phi) is 5.75. The second kappa shape index (κ2) is 7.10. The lowest BCUT2D eigenvalue weighted by molar-refractivity contribution is -0.143. The van der Waals surface area contributed by atoms with E-state index in [9.17, 15) is 22.8 Å². The zero-order chi connectivity index (χ0) is 16.2. The molecular weight excluding hydrogens is 287 g/mol. The number of rotatable bonds is 5. The van der Waals surface area contributed by atoms with E-state index in [1.54, 1.807) is 13.8 Å². The first kappa shape index (κ1) is 17.0. The number of amides is 1. The van der Waals surface area contributed by atoms with Crippen LogP contribution in [0.4, 0.5) is 13.2 Å². The Bertz CT molecular complexity index is 523. The third-order valence-electron chi connectivity index (χ3n) is 2.73. The van der Waals surface area contributed by atoms with Gasteiger partial charge in [-0.1, -0.05) is 13.8 Å². The van der Waals surface area contributed by atoms with Crippen LogP contribution in [-0.4, -0.2) is 25.0 Å². The highest BCUT2D eigenvalue weighted by molar-refractivity contribution is 5.97. The van der Waals surface area contributed by atoms with Gasteiger partial charge in [0.25, 0.3) is 5.91 Å². The van der Waals surface area contributed by atoms with Crippen molar-refractivity contribution in [2.45, 2.75) is 26.3 Å². The summed E-state index contributed by atoms with van der Waals surface area (Å²) in [6.45, 7) is 3.61. The first-order chi connectivity index (χ1) is 9.76. The predicted molar refractivity (Wildman–Crippen MR) is 69.0 cm³/mol. The van der Waals surface area contributed by atoms with Crippen molar-refractivity contribution in [2.75, 3.05) is 7.11 Å². The van der Waals surface area contributed by atoms with Gasteiger partial charge in [-0.3, -0.25) is 4.79 Å². The van der Waals surface area contributed by atoms with E-state index in [2.05, 4.69) is 10.1 Å². The molecule has 116 valence electrons. The number of benzene rings is 1. The lowest BCUT2D eigenvalue weighted by Crippen LogP contribution is -2.43. The summed E-state index contributed by atoms with van der Waals surface area (Å²) in [6.07, 6.45) is 0.239. The number of hydrogen-bond donors (Lipinski definition) is 1. The number of carbonyl (C=O) groups excluding carboxylic acids is 2. The van der Waals surface area contributed by atoms with Gasteiger partial charge in [-0.15, -0.1) is 0 Å². The molecular formula is C14H16F3NO3. The zero-order valence-electron chi connectivity index (χ0n) is 11.9. The van der Waals surface area contributed by atoms with Crippen LogP contribution < -0.4 is 5.32 Å². The van der Waals surface area contributed by atoms with Crippen molar-refractivity contribution in [2.24, 2.45) is 5.92 Å². The number of halogens is 3. The highest BCUT2D eigenvalue weighted by Crippen LogP contribution is 2.16. The van der Waals surface area contributed by atoms with Gasteiger partial charge in [0.15, 0.2) is 0 Å². The van der Waals surface area contributed by atoms with Gasteiger partial charge in [0.1, 0.15) is 29.1 Å². The van der Waals surface area contributed by atoms with Crippen molar-refractivity contribution in [3.8, 4) is 0 Å². The first-order valence-corrected chi connectivity index (χ1v) is 6.29. The van der Waals surface area contributed by atoms with E-state index < -0.39 is 40.9 Å². The molecule has 0 heterocycles. The maximum Gasteiger partial charge on any atom is 0.328 e. The largest absolute Gasteiger partial charge is 0.467 e. The van der Waals surface area contributed by atoms with Crippen molar-refractivity contribution in [3.63, 3.8) is 0 Å². The Balaban J connectivity index is 2.99. The molecule has 1 atom stereocenters. The average molecular weight is 303 g/mol. The molecule has 7 heteroatoms. The van der Waals surface area contributed by atoms with Gasteiger partial charge >= 0.3 is 5.97 Å². The second-order valence-corrected chi connectivity index (χ2v) is 4.92. The molecule has 4 nitrogen and oxygen atoms in total.